The molecule has 2 aromatic rings. The summed E-state index contributed by atoms with van der Waals surface area (Å²) in [6.45, 7) is -0.629. The van der Waals surface area contributed by atoms with Crippen molar-refractivity contribution in [1.82, 2.24) is 0 Å². The summed E-state index contributed by atoms with van der Waals surface area (Å²) in [6, 6.07) is 8.41. The molecule has 156 valence electrons. The van der Waals surface area contributed by atoms with Gasteiger partial charge in [-0.15, -0.1) is 0 Å². The van der Waals surface area contributed by atoms with Crippen molar-refractivity contribution in [3.8, 4) is 11.8 Å². The molecule has 2 rings (SSSR count). The summed E-state index contributed by atoms with van der Waals surface area (Å²) in [6.07, 6.45) is -3.41. The van der Waals surface area contributed by atoms with Gasteiger partial charge in [-0.05, 0) is 57.9 Å². The van der Waals surface area contributed by atoms with Crippen molar-refractivity contribution in [2.75, 3.05) is 11.9 Å². The third-order valence-corrected chi connectivity index (χ3v) is 4.35. The molecule has 0 fully saturated rings. The Morgan fingerprint density at radius 2 is 2.00 bits per heavy atom. The molecular formula is C19H11BrClF3N2O4. The summed E-state index contributed by atoms with van der Waals surface area (Å²) in [7, 11) is 0. The Morgan fingerprint density at radius 1 is 1.30 bits per heavy atom. The third-order valence-electron chi connectivity index (χ3n) is 3.48. The van der Waals surface area contributed by atoms with Crippen molar-refractivity contribution in [3.05, 3.63) is 62.6 Å². The molecule has 0 unspecified atom stereocenters. The van der Waals surface area contributed by atoms with Crippen LogP contribution >= 0.6 is 27.5 Å². The Hall–Kier alpha value is -3.03. The molecule has 0 bridgehead atoms. The topological polar surface area (TPSA) is 99.4 Å². The highest BCUT2D eigenvalue weighted by atomic mass is 79.9. The van der Waals surface area contributed by atoms with E-state index in [0.717, 1.165) is 18.2 Å². The van der Waals surface area contributed by atoms with E-state index in [1.807, 2.05) is 0 Å². The second-order valence-electron chi connectivity index (χ2n) is 5.70. The van der Waals surface area contributed by atoms with Crippen LogP contribution < -0.4 is 10.1 Å². The molecule has 2 N–H and O–H groups in total. The number of nitrogens with one attached hydrogen (secondary N) is 1. The van der Waals surface area contributed by atoms with E-state index in [4.69, 9.17) is 21.4 Å². The first-order valence-electron chi connectivity index (χ1n) is 7.95. The zero-order chi connectivity index (χ0) is 22.5. The first-order chi connectivity index (χ1) is 14.0. The largest absolute Gasteiger partial charge is 0.479 e. The Balaban J connectivity index is 2.26. The minimum absolute atomic E-state index is 0.0208. The second-order valence-corrected chi connectivity index (χ2v) is 6.96. The number of rotatable bonds is 6. The van der Waals surface area contributed by atoms with Gasteiger partial charge in [0.2, 0.25) is 0 Å². The maximum atomic E-state index is 12.8. The highest BCUT2D eigenvalue weighted by Crippen LogP contribution is 2.35. The monoisotopic (exact) mass is 502 g/mol. The molecular weight excluding hydrogens is 493 g/mol. The summed E-state index contributed by atoms with van der Waals surface area (Å²) in [5, 5.41) is 20.2. The number of anilines is 1. The quantitative estimate of drug-likeness (QED) is 0.421. The van der Waals surface area contributed by atoms with Crippen LogP contribution in [0.2, 0.25) is 5.02 Å². The van der Waals surface area contributed by atoms with Gasteiger partial charge in [0.05, 0.1) is 15.1 Å². The van der Waals surface area contributed by atoms with Crippen LogP contribution in [0.5, 0.6) is 5.75 Å². The molecule has 0 saturated carbocycles. The highest BCUT2D eigenvalue weighted by molar-refractivity contribution is 9.10. The number of halogens is 5. The number of carbonyl (C=O) groups is 2. The maximum absolute atomic E-state index is 12.8. The molecule has 0 aliphatic rings. The van der Waals surface area contributed by atoms with Crippen molar-refractivity contribution in [3.63, 3.8) is 0 Å². The number of carboxylic acid groups (broad SMARTS) is 1. The van der Waals surface area contributed by atoms with Crippen LogP contribution in [0.3, 0.4) is 0 Å². The van der Waals surface area contributed by atoms with Crippen LogP contribution in [0.15, 0.2) is 46.4 Å². The standard InChI is InChI=1S/C19H11BrClF3N2O4/c20-14-5-10(6-15(21)17(14)30-9-16(27)28)4-11(8-25)18(29)26-13-3-1-2-12(7-13)19(22,23)24/h1-7H,9H2,(H,26,29)(H,27,28)/b11-4-. The average molecular weight is 504 g/mol. The molecule has 2 aromatic carbocycles. The van der Waals surface area contributed by atoms with Crippen LogP contribution in [0, 0.1) is 11.3 Å². The second kappa shape index (κ2) is 9.65. The lowest BCUT2D eigenvalue weighted by Crippen LogP contribution is -2.14. The summed E-state index contributed by atoms with van der Waals surface area (Å²) in [5.41, 5.74) is -1.18. The van der Waals surface area contributed by atoms with E-state index in [1.54, 1.807) is 6.07 Å². The van der Waals surface area contributed by atoms with E-state index < -0.39 is 35.8 Å². The molecule has 0 saturated heterocycles. The fourth-order valence-electron chi connectivity index (χ4n) is 2.22. The number of hydrogen-bond donors (Lipinski definition) is 2. The van der Waals surface area contributed by atoms with Crippen LogP contribution in [0.4, 0.5) is 18.9 Å². The number of carbonyl (C=O) groups excluding carboxylic acids is 1. The molecule has 0 atom stereocenters. The zero-order valence-corrected chi connectivity index (χ0v) is 17.1. The summed E-state index contributed by atoms with van der Waals surface area (Å²) in [5.74, 6) is -2.07. The van der Waals surface area contributed by atoms with Crippen molar-refractivity contribution < 1.29 is 32.6 Å². The van der Waals surface area contributed by atoms with Gasteiger partial charge in [-0.1, -0.05) is 17.7 Å². The third kappa shape index (κ3) is 6.23. The molecule has 0 spiro atoms. The summed E-state index contributed by atoms with van der Waals surface area (Å²) >= 11 is 9.20. The Labute approximate surface area is 181 Å². The minimum Gasteiger partial charge on any atom is -0.479 e. The number of ether oxygens (including phenoxy) is 1. The van der Waals surface area contributed by atoms with Crippen molar-refractivity contribution in [1.29, 1.82) is 5.26 Å². The predicted molar refractivity (Wildman–Crippen MR) is 106 cm³/mol. The fraction of sp³-hybridized carbons (Fsp3) is 0.105. The number of nitrogens with zero attached hydrogens (tertiary/aromatic N) is 1. The number of amides is 1. The van der Waals surface area contributed by atoms with Crippen LogP contribution in [-0.4, -0.2) is 23.6 Å². The molecule has 0 aromatic heterocycles. The average Bonchev–Trinajstić information content (AvgIpc) is 2.64. The van der Waals surface area contributed by atoms with Gasteiger partial charge >= 0.3 is 12.1 Å². The first kappa shape index (κ1) is 23.3. The van der Waals surface area contributed by atoms with Gasteiger partial charge in [0, 0.05) is 5.69 Å². The van der Waals surface area contributed by atoms with E-state index >= 15 is 0 Å². The number of carboxylic acids is 1. The van der Waals surface area contributed by atoms with E-state index in [9.17, 15) is 28.0 Å². The van der Waals surface area contributed by atoms with E-state index in [0.29, 0.717) is 5.56 Å². The maximum Gasteiger partial charge on any atom is 0.416 e. The SMILES string of the molecule is N#C/C(=C/c1cc(Cl)c(OCC(=O)O)c(Br)c1)C(=O)Nc1cccc(C(F)(F)F)c1. The Kier molecular flexibility index (Phi) is 7.48. The van der Waals surface area contributed by atoms with Gasteiger partial charge in [0.15, 0.2) is 12.4 Å². The van der Waals surface area contributed by atoms with Crippen molar-refractivity contribution in [2.24, 2.45) is 0 Å². The lowest BCUT2D eigenvalue weighted by Gasteiger charge is -2.10. The number of hydrogen-bond acceptors (Lipinski definition) is 4. The molecule has 0 aliphatic heterocycles. The zero-order valence-electron chi connectivity index (χ0n) is 14.8. The van der Waals surface area contributed by atoms with E-state index in [1.165, 1.54) is 24.3 Å². The molecule has 6 nitrogen and oxygen atoms in total. The number of nitriles is 1. The summed E-state index contributed by atoms with van der Waals surface area (Å²) in [4.78, 5) is 22.9. The molecule has 0 radical (unpaired) electrons. The van der Waals surface area contributed by atoms with Gasteiger partial charge in [0.1, 0.15) is 11.6 Å². The summed E-state index contributed by atoms with van der Waals surface area (Å²) < 4.78 is 43.7. The normalized spacial score (nSPS) is 11.5. The first-order valence-corrected chi connectivity index (χ1v) is 9.12. The number of benzene rings is 2. The number of aliphatic carboxylic acids is 1. The minimum atomic E-state index is -4.58. The molecule has 0 heterocycles. The van der Waals surface area contributed by atoms with Gasteiger partial charge in [-0.25, -0.2) is 4.79 Å². The van der Waals surface area contributed by atoms with Crippen molar-refractivity contribution in [2.45, 2.75) is 6.18 Å². The lowest BCUT2D eigenvalue weighted by atomic mass is 10.1. The van der Waals surface area contributed by atoms with Crippen molar-refractivity contribution >= 4 is 51.2 Å². The van der Waals surface area contributed by atoms with Crippen LogP contribution in [0.25, 0.3) is 6.08 Å². The molecule has 30 heavy (non-hydrogen) atoms. The van der Waals surface area contributed by atoms with Crippen LogP contribution in [-0.2, 0) is 15.8 Å². The predicted octanol–water partition coefficient (Wildman–Crippen LogP) is 5.13. The van der Waals surface area contributed by atoms with Gasteiger partial charge < -0.3 is 15.2 Å². The van der Waals surface area contributed by atoms with E-state index in [-0.39, 0.29) is 20.9 Å². The van der Waals surface area contributed by atoms with Crippen LogP contribution in [0.1, 0.15) is 11.1 Å². The van der Waals surface area contributed by atoms with Gasteiger partial charge in [0.25, 0.3) is 5.91 Å². The highest BCUT2D eigenvalue weighted by Gasteiger charge is 2.30. The molecule has 0 aliphatic carbocycles. The number of alkyl halides is 3. The smallest absolute Gasteiger partial charge is 0.416 e. The molecule has 1 amide bonds. The Bertz CT molecular complexity index is 1040. The Morgan fingerprint density at radius 3 is 2.57 bits per heavy atom. The van der Waals surface area contributed by atoms with Gasteiger partial charge in [-0.2, -0.15) is 18.4 Å². The lowest BCUT2D eigenvalue weighted by molar-refractivity contribution is -0.139. The van der Waals surface area contributed by atoms with E-state index in [2.05, 4.69) is 21.2 Å². The van der Waals surface area contributed by atoms with Gasteiger partial charge in [-0.3, -0.25) is 4.79 Å². The molecule has 11 heteroatoms. The fourth-order valence-corrected chi connectivity index (χ4v) is 3.21.